The zero-order valence-electron chi connectivity index (χ0n) is 7.70. The molecule has 0 bridgehead atoms. The second-order valence-corrected chi connectivity index (χ2v) is 3.16. The first kappa shape index (κ1) is 8.99. The molecule has 1 aliphatic heterocycles. The third-order valence-electron chi connectivity index (χ3n) is 2.23. The standard InChI is InChI=1S/C8H12N6/c9-4-6-5-13-14(7(6)10)8-11-2-1-3-12-8/h5,8,11-12H,1-3,10H2. The maximum atomic E-state index is 8.71. The van der Waals surface area contributed by atoms with Crippen LogP contribution in [0.15, 0.2) is 6.20 Å². The molecule has 1 aromatic heterocycles. The summed E-state index contributed by atoms with van der Waals surface area (Å²) in [4.78, 5) is 0. The van der Waals surface area contributed by atoms with E-state index in [1.807, 2.05) is 6.07 Å². The Bertz CT molecular complexity index is 356. The van der Waals surface area contributed by atoms with Gasteiger partial charge in [-0.3, -0.25) is 10.6 Å². The number of rotatable bonds is 1. The average molecular weight is 192 g/mol. The summed E-state index contributed by atoms with van der Waals surface area (Å²) in [7, 11) is 0. The van der Waals surface area contributed by atoms with Crippen molar-refractivity contribution in [2.45, 2.75) is 12.7 Å². The zero-order valence-corrected chi connectivity index (χ0v) is 7.70. The molecule has 0 spiro atoms. The van der Waals surface area contributed by atoms with Crippen LogP contribution in [0, 0.1) is 11.3 Å². The number of hydrogen-bond acceptors (Lipinski definition) is 5. The van der Waals surface area contributed by atoms with Gasteiger partial charge in [0.05, 0.1) is 6.20 Å². The molecular formula is C8H12N6. The highest BCUT2D eigenvalue weighted by Crippen LogP contribution is 2.13. The Morgan fingerprint density at radius 2 is 2.29 bits per heavy atom. The van der Waals surface area contributed by atoms with E-state index < -0.39 is 0 Å². The Kier molecular flexibility index (Phi) is 2.35. The van der Waals surface area contributed by atoms with Gasteiger partial charge in [0.25, 0.3) is 0 Å². The van der Waals surface area contributed by atoms with Gasteiger partial charge in [-0.15, -0.1) is 0 Å². The van der Waals surface area contributed by atoms with Crippen LogP contribution in [0.3, 0.4) is 0 Å². The molecule has 4 N–H and O–H groups in total. The highest BCUT2D eigenvalue weighted by Gasteiger charge is 2.17. The summed E-state index contributed by atoms with van der Waals surface area (Å²) >= 11 is 0. The Morgan fingerprint density at radius 1 is 1.57 bits per heavy atom. The third-order valence-corrected chi connectivity index (χ3v) is 2.23. The molecule has 1 saturated heterocycles. The van der Waals surface area contributed by atoms with Gasteiger partial charge in [-0.2, -0.15) is 10.4 Å². The lowest BCUT2D eigenvalue weighted by molar-refractivity contribution is 0.270. The quantitative estimate of drug-likeness (QED) is 0.551. The molecule has 0 aromatic carbocycles. The Hall–Kier alpha value is -1.58. The van der Waals surface area contributed by atoms with Crippen LogP contribution in [0.2, 0.25) is 0 Å². The molecule has 0 radical (unpaired) electrons. The lowest BCUT2D eigenvalue weighted by Crippen LogP contribution is -2.45. The fourth-order valence-electron chi connectivity index (χ4n) is 1.47. The fraction of sp³-hybridized carbons (Fsp3) is 0.500. The first-order valence-electron chi connectivity index (χ1n) is 4.53. The van der Waals surface area contributed by atoms with E-state index in [9.17, 15) is 0 Å². The van der Waals surface area contributed by atoms with E-state index in [2.05, 4.69) is 15.7 Å². The van der Waals surface area contributed by atoms with Crippen molar-refractivity contribution in [2.24, 2.45) is 0 Å². The van der Waals surface area contributed by atoms with E-state index >= 15 is 0 Å². The van der Waals surface area contributed by atoms with E-state index in [1.54, 1.807) is 4.68 Å². The smallest absolute Gasteiger partial charge is 0.157 e. The first-order chi connectivity index (χ1) is 6.83. The number of anilines is 1. The van der Waals surface area contributed by atoms with E-state index in [0.29, 0.717) is 11.4 Å². The van der Waals surface area contributed by atoms with Crippen molar-refractivity contribution in [2.75, 3.05) is 18.8 Å². The fourth-order valence-corrected chi connectivity index (χ4v) is 1.47. The van der Waals surface area contributed by atoms with Crippen molar-refractivity contribution in [3.8, 4) is 6.07 Å². The molecule has 1 aliphatic rings. The largest absolute Gasteiger partial charge is 0.383 e. The summed E-state index contributed by atoms with van der Waals surface area (Å²) in [6.07, 6.45) is 2.47. The molecule has 1 fully saturated rings. The van der Waals surface area contributed by atoms with E-state index in [-0.39, 0.29) is 6.29 Å². The monoisotopic (exact) mass is 192 g/mol. The summed E-state index contributed by atoms with van der Waals surface area (Å²) in [6, 6.07) is 1.99. The molecular weight excluding hydrogens is 180 g/mol. The predicted octanol–water partition coefficient (Wildman–Crippen LogP) is -0.624. The number of aromatic nitrogens is 2. The summed E-state index contributed by atoms with van der Waals surface area (Å²) in [6.45, 7) is 1.86. The van der Waals surface area contributed by atoms with Crippen LogP contribution in [0.1, 0.15) is 18.3 Å². The molecule has 0 atom stereocenters. The van der Waals surface area contributed by atoms with E-state index in [1.165, 1.54) is 6.20 Å². The molecule has 2 rings (SSSR count). The van der Waals surface area contributed by atoms with Crippen LogP contribution < -0.4 is 16.4 Å². The second kappa shape index (κ2) is 3.65. The highest BCUT2D eigenvalue weighted by molar-refractivity contribution is 5.47. The van der Waals surface area contributed by atoms with Gasteiger partial charge >= 0.3 is 0 Å². The maximum Gasteiger partial charge on any atom is 0.157 e. The molecule has 2 heterocycles. The van der Waals surface area contributed by atoms with Crippen molar-refractivity contribution >= 4 is 5.82 Å². The minimum Gasteiger partial charge on any atom is -0.383 e. The van der Waals surface area contributed by atoms with Crippen LogP contribution in [-0.4, -0.2) is 22.9 Å². The minimum absolute atomic E-state index is 0.0918. The topological polar surface area (TPSA) is 91.7 Å². The number of nitrogens with two attached hydrogens (primary N) is 1. The summed E-state index contributed by atoms with van der Waals surface area (Å²) in [5.41, 5.74) is 6.16. The Morgan fingerprint density at radius 3 is 2.86 bits per heavy atom. The lowest BCUT2D eigenvalue weighted by Gasteiger charge is -2.25. The molecule has 14 heavy (non-hydrogen) atoms. The first-order valence-corrected chi connectivity index (χ1v) is 4.53. The molecule has 74 valence electrons. The minimum atomic E-state index is -0.0918. The zero-order chi connectivity index (χ0) is 9.97. The van der Waals surface area contributed by atoms with Crippen molar-refractivity contribution in [1.82, 2.24) is 20.4 Å². The normalized spacial score (nSPS) is 17.9. The van der Waals surface area contributed by atoms with Gasteiger partial charge in [-0.05, 0) is 19.5 Å². The van der Waals surface area contributed by atoms with Crippen molar-refractivity contribution in [1.29, 1.82) is 5.26 Å². The number of nitrogens with zero attached hydrogens (tertiary/aromatic N) is 3. The predicted molar refractivity (Wildman–Crippen MR) is 51.0 cm³/mol. The molecule has 6 nitrogen and oxygen atoms in total. The van der Waals surface area contributed by atoms with Gasteiger partial charge in [0.15, 0.2) is 6.29 Å². The van der Waals surface area contributed by atoms with Crippen LogP contribution in [0.4, 0.5) is 5.82 Å². The molecule has 0 saturated carbocycles. The SMILES string of the molecule is N#Cc1cnn(C2NCCCN2)c1N. The summed E-state index contributed by atoms with van der Waals surface area (Å²) in [5, 5.41) is 19.2. The van der Waals surface area contributed by atoms with Crippen LogP contribution in [0.25, 0.3) is 0 Å². The maximum absolute atomic E-state index is 8.71. The van der Waals surface area contributed by atoms with Gasteiger partial charge in [0, 0.05) is 0 Å². The summed E-state index contributed by atoms with van der Waals surface area (Å²) < 4.78 is 1.59. The van der Waals surface area contributed by atoms with Crippen LogP contribution in [-0.2, 0) is 0 Å². The highest BCUT2D eigenvalue weighted by atomic mass is 15.5. The molecule has 0 amide bonds. The Balaban J connectivity index is 2.23. The van der Waals surface area contributed by atoms with Crippen molar-refractivity contribution in [3.05, 3.63) is 11.8 Å². The Labute approximate surface area is 81.7 Å². The van der Waals surface area contributed by atoms with Crippen LogP contribution >= 0.6 is 0 Å². The van der Waals surface area contributed by atoms with Crippen LogP contribution in [0.5, 0.6) is 0 Å². The van der Waals surface area contributed by atoms with Crippen molar-refractivity contribution < 1.29 is 0 Å². The lowest BCUT2D eigenvalue weighted by atomic mass is 10.3. The van der Waals surface area contributed by atoms with Gasteiger partial charge in [-0.25, -0.2) is 4.68 Å². The molecule has 6 heteroatoms. The van der Waals surface area contributed by atoms with Gasteiger partial charge in [0.1, 0.15) is 17.5 Å². The van der Waals surface area contributed by atoms with E-state index in [0.717, 1.165) is 19.5 Å². The van der Waals surface area contributed by atoms with Gasteiger partial charge in [0.2, 0.25) is 0 Å². The average Bonchev–Trinajstić information content (AvgIpc) is 2.61. The van der Waals surface area contributed by atoms with E-state index in [4.69, 9.17) is 11.0 Å². The number of hydrogen-bond donors (Lipinski definition) is 3. The van der Waals surface area contributed by atoms with Gasteiger partial charge in [-0.1, -0.05) is 0 Å². The second-order valence-electron chi connectivity index (χ2n) is 3.16. The summed E-state index contributed by atoms with van der Waals surface area (Å²) in [5.74, 6) is 0.402. The number of nitrogen functional groups attached to an aromatic ring is 1. The molecule has 0 aliphatic carbocycles. The van der Waals surface area contributed by atoms with Crippen molar-refractivity contribution in [3.63, 3.8) is 0 Å². The number of nitriles is 1. The molecule has 0 unspecified atom stereocenters. The number of nitrogens with one attached hydrogen (secondary N) is 2. The third kappa shape index (κ3) is 1.43. The molecule has 1 aromatic rings. The van der Waals surface area contributed by atoms with Gasteiger partial charge < -0.3 is 5.73 Å².